The maximum absolute atomic E-state index is 11.5. The van der Waals surface area contributed by atoms with Crippen LogP contribution in [0.2, 0.25) is 5.02 Å². The number of benzene rings is 1. The first-order valence-electron chi connectivity index (χ1n) is 7.06. The number of rotatable bonds is 8. The predicted octanol–water partition coefficient (Wildman–Crippen LogP) is 2.49. The maximum Gasteiger partial charge on any atom is 0.314 e. The molecule has 0 bridgehead atoms. The number of carbonyl (C=O) groups is 1. The van der Waals surface area contributed by atoms with E-state index in [1.54, 1.807) is 24.3 Å². The van der Waals surface area contributed by atoms with E-state index in [1.807, 2.05) is 13.8 Å². The third-order valence-corrected chi connectivity index (χ3v) is 3.02. The zero-order valence-electron chi connectivity index (χ0n) is 12.4. The van der Waals surface area contributed by atoms with E-state index < -0.39 is 6.10 Å². The molecule has 0 saturated carbocycles. The van der Waals surface area contributed by atoms with Crippen molar-refractivity contribution in [2.75, 3.05) is 19.7 Å². The van der Waals surface area contributed by atoms with E-state index in [-0.39, 0.29) is 18.7 Å². The van der Waals surface area contributed by atoms with Crippen LogP contribution in [0.3, 0.4) is 0 Å². The number of nitrogens with one attached hydrogen (secondary N) is 2. The number of aliphatic hydroxyl groups is 1. The largest absolute Gasteiger partial charge is 0.387 e. The highest BCUT2D eigenvalue weighted by molar-refractivity contribution is 6.30. The highest BCUT2D eigenvalue weighted by atomic mass is 35.5. The lowest BCUT2D eigenvalue weighted by Gasteiger charge is -2.13. The summed E-state index contributed by atoms with van der Waals surface area (Å²) in [4.78, 5) is 11.5. The molecule has 3 N–H and O–H groups in total. The van der Waals surface area contributed by atoms with Crippen molar-refractivity contribution in [3.8, 4) is 0 Å². The Hall–Kier alpha value is -1.30. The lowest BCUT2D eigenvalue weighted by Crippen LogP contribution is -2.38. The molecule has 21 heavy (non-hydrogen) atoms. The molecular formula is C15H23ClN2O3. The van der Waals surface area contributed by atoms with Crippen LogP contribution in [0, 0.1) is 0 Å². The molecule has 0 heterocycles. The number of amides is 2. The van der Waals surface area contributed by atoms with E-state index in [2.05, 4.69) is 10.6 Å². The fourth-order valence-corrected chi connectivity index (χ4v) is 1.77. The second-order valence-corrected chi connectivity index (χ2v) is 5.41. The van der Waals surface area contributed by atoms with Crippen LogP contribution >= 0.6 is 11.6 Å². The van der Waals surface area contributed by atoms with Crippen molar-refractivity contribution in [3.63, 3.8) is 0 Å². The number of ether oxygens (including phenoxy) is 1. The number of hydrogen-bond acceptors (Lipinski definition) is 3. The van der Waals surface area contributed by atoms with Crippen molar-refractivity contribution in [2.24, 2.45) is 0 Å². The van der Waals surface area contributed by atoms with Crippen molar-refractivity contribution >= 4 is 17.6 Å². The predicted molar refractivity (Wildman–Crippen MR) is 83.5 cm³/mol. The molecule has 0 aromatic heterocycles. The first-order chi connectivity index (χ1) is 9.99. The number of aliphatic hydroxyl groups excluding tert-OH is 1. The third-order valence-electron chi connectivity index (χ3n) is 2.77. The Kier molecular flexibility index (Phi) is 8.12. The quantitative estimate of drug-likeness (QED) is 0.646. The van der Waals surface area contributed by atoms with Crippen LogP contribution in [0.1, 0.15) is 31.9 Å². The molecule has 0 fully saturated rings. The zero-order chi connectivity index (χ0) is 15.7. The van der Waals surface area contributed by atoms with Crippen molar-refractivity contribution in [1.29, 1.82) is 0 Å². The fraction of sp³-hybridized carbons (Fsp3) is 0.533. The molecule has 1 atom stereocenters. The minimum atomic E-state index is -0.753. The summed E-state index contributed by atoms with van der Waals surface area (Å²) in [6.07, 6.45) is 0.205. The smallest absolute Gasteiger partial charge is 0.314 e. The van der Waals surface area contributed by atoms with Crippen LogP contribution in [0.15, 0.2) is 24.3 Å². The SMILES string of the molecule is CC(C)OCCCNC(=O)NCC(O)c1ccc(Cl)cc1. The van der Waals surface area contributed by atoms with Crippen LogP contribution < -0.4 is 10.6 Å². The number of carbonyl (C=O) groups excluding carboxylic acids is 1. The van der Waals surface area contributed by atoms with Crippen LogP contribution in [0.5, 0.6) is 0 Å². The van der Waals surface area contributed by atoms with E-state index in [0.29, 0.717) is 23.7 Å². The number of halogens is 1. The Morgan fingerprint density at radius 3 is 2.57 bits per heavy atom. The summed E-state index contributed by atoms with van der Waals surface area (Å²) in [5, 5.41) is 15.9. The van der Waals surface area contributed by atoms with Crippen LogP contribution in [0.4, 0.5) is 4.79 Å². The van der Waals surface area contributed by atoms with E-state index in [1.165, 1.54) is 0 Å². The van der Waals surface area contributed by atoms with Gasteiger partial charge in [-0.15, -0.1) is 0 Å². The molecule has 0 aliphatic heterocycles. The molecule has 0 aliphatic rings. The van der Waals surface area contributed by atoms with E-state index in [0.717, 1.165) is 6.42 Å². The summed E-state index contributed by atoms with van der Waals surface area (Å²) in [5.41, 5.74) is 0.713. The van der Waals surface area contributed by atoms with Gasteiger partial charge in [-0.3, -0.25) is 0 Å². The molecule has 2 amide bonds. The van der Waals surface area contributed by atoms with Gasteiger partial charge >= 0.3 is 6.03 Å². The van der Waals surface area contributed by atoms with Gasteiger partial charge in [0.15, 0.2) is 0 Å². The average molecular weight is 315 g/mol. The molecule has 0 saturated heterocycles. The highest BCUT2D eigenvalue weighted by Crippen LogP contribution is 2.15. The summed E-state index contributed by atoms with van der Waals surface area (Å²) >= 11 is 5.77. The lowest BCUT2D eigenvalue weighted by atomic mass is 10.1. The van der Waals surface area contributed by atoms with Gasteiger partial charge in [-0.1, -0.05) is 23.7 Å². The van der Waals surface area contributed by atoms with Gasteiger partial charge in [0.05, 0.1) is 12.2 Å². The summed E-state index contributed by atoms with van der Waals surface area (Å²) in [7, 11) is 0. The summed E-state index contributed by atoms with van der Waals surface area (Å²) in [6, 6.07) is 6.57. The molecule has 6 heteroatoms. The Balaban J connectivity index is 2.16. The fourth-order valence-electron chi connectivity index (χ4n) is 1.65. The number of urea groups is 1. The Bertz CT molecular complexity index is 423. The van der Waals surface area contributed by atoms with E-state index in [4.69, 9.17) is 16.3 Å². The van der Waals surface area contributed by atoms with Crippen LogP contribution in [-0.4, -0.2) is 36.9 Å². The van der Waals surface area contributed by atoms with Gasteiger partial charge in [-0.2, -0.15) is 0 Å². The zero-order valence-corrected chi connectivity index (χ0v) is 13.2. The third kappa shape index (κ3) is 7.90. The Morgan fingerprint density at radius 1 is 1.29 bits per heavy atom. The summed E-state index contributed by atoms with van der Waals surface area (Å²) in [5.74, 6) is 0. The normalized spacial score (nSPS) is 12.2. The lowest BCUT2D eigenvalue weighted by molar-refractivity contribution is 0.0774. The molecule has 0 radical (unpaired) electrons. The molecule has 1 unspecified atom stereocenters. The minimum Gasteiger partial charge on any atom is -0.387 e. The molecule has 5 nitrogen and oxygen atoms in total. The molecule has 1 rings (SSSR count). The minimum absolute atomic E-state index is 0.149. The molecule has 118 valence electrons. The average Bonchev–Trinajstić information content (AvgIpc) is 2.44. The van der Waals surface area contributed by atoms with Crippen molar-refractivity contribution < 1.29 is 14.6 Å². The van der Waals surface area contributed by atoms with Crippen LogP contribution in [-0.2, 0) is 4.74 Å². The topological polar surface area (TPSA) is 70.6 Å². The van der Waals surface area contributed by atoms with Crippen LogP contribution in [0.25, 0.3) is 0 Å². The van der Waals surface area contributed by atoms with Gasteiger partial charge in [0, 0.05) is 24.7 Å². The van der Waals surface area contributed by atoms with Gasteiger partial charge in [0.1, 0.15) is 0 Å². The first-order valence-corrected chi connectivity index (χ1v) is 7.43. The Morgan fingerprint density at radius 2 is 1.95 bits per heavy atom. The van der Waals surface area contributed by atoms with Gasteiger partial charge in [0.25, 0.3) is 0 Å². The Labute approximate surface area is 130 Å². The molecule has 1 aromatic rings. The summed E-state index contributed by atoms with van der Waals surface area (Å²) < 4.78 is 5.37. The van der Waals surface area contributed by atoms with Gasteiger partial charge in [0.2, 0.25) is 0 Å². The molecule has 0 aliphatic carbocycles. The van der Waals surface area contributed by atoms with E-state index in [9.17, 15) is 9.90 Å². The summed E-state index contributed by atoms with van der Waals surface area (Å²) in [6.45, 7) is 5.24. The maximum atomic E-state index is 11.5. The molecular weight excluding hydrogens is 292 g/mol. The monoisotopic (exact) mass is 314 g/mol. The highest BCUT2D eigenvalue weighted by Gasteiger charge is 2.09. The first kappa shape index (κ1) is 17.8. The molecule has 1 aromatic carbocycles. The van der Waals surface area contributed by atoms with Gasteiger partial charge in [-0.05, 0) is 38.0 Å². The van der Waals surface area contributed by atoms with E-state index >= 15 is 0 Å². The van der Waals surface area contributed by atoms with Gasteiger partial charge < -0.3 is 20.5 Å². The number of hydrogen-bond donors (Lipinski definition) is 3. The second kappa shape index (κ2) is 9.60. The van der Waals surface area contributed by atoms with Crippen molar-refractivity contribution in [2.45, 2.75) is 32.5 Å². The second-order valence-electron chi connectivity index (χ2n) is 4.98. The molecule has 0 spiro atoms. The standard InChI is InChI=1S/C15H23ClN2O3/c1-11(2)21-9-3-8-17-15(20)18-10-14(19)12-4-6-13(16)7-5-12/h4-7,11,14,19H,3,8-10H2,1-2H3,(H2,17,18,20). The van der Waals surface area contributed by atoms with Crippen molar-refractivity contribution in [3.05, 3.63) is 34.9 Å². The van der Waals surface area contributed by atoms with Crippen molar-refractivity contribution in [1.82, 2.24) is 10.6 Å². The van der Waals surface area contributed by atoms with Gasteiger partial charge in [-0.25, -0.2) is 4.79 Å².